The molecule has 18 heavy (non-hydrogen) atoms. The molecule has 0 saturated carbocycles. The number of amides is 2. The molecule has 3 N–H and O–H groups in total. The van der Waals surface area contributed by atoms with E-state index in [0.29, 0.717) is 6.54 Å². The van der Waals surface area contributed by atoms with Crippen molar-refractivity contribution in [2.75, 3.05) is 19.3 Å². The lowest BCUT2D eigenvalue weighted by molar-refractivity contribution is -0.126. The van der Waals surface area contributed by atoms with E-state index in [0.717, 1.165) is 6.26 Å². The predicted molar refractivity (Wildman–Crippen MR) is 66.2 cm³/mol. The highest BCUT2D eigenvalue weighted by molar-refractivity contribution is 7.88. The third-order valence-corrected chi connectivity index (χ3v) is 3.44. The Morgan fingerprint density at radius 3 is 2.56 bits per heavy atom. The second-order valence-electron chi connectivity index (χ2n) is 5.18. The molecule has 1 aliphatic rings. The van der Waals surface area contributed by atoms with Gasteiger partial charge in [-0.05, 0) is 13.8 Å². The number of sulfonamides is 1. The first-order valence-corrected chi connectivity index (χ1v) is 7.51. The normalized spacial score (nSPS) is 20.6. The Bertz CT molecular complexity index is 444. The molecule has 0 radical (unpaired) electrons. The van der Waals surface area contributed by atoms with E-state index in [1.165, 1.54) is 0 Å². The van der Waals surface area contributed by atoms with Crippen LogP contribution in [-0.4, -0.2) is 45.1 Å². The molecule has 0 aromatic rings. The van der Waals surface area contributed by atoms with Crippen LogP contribution < -0.4 is 15.4 Å². The van der Waals surface area contributed by atoms with Crippen LogP contribution in [0.1, 0.15) is 20.3 Å². The molecule has 8 heteroatoms. The fraction of sp³-hybridized carbons (Fsp3) is 0.800. The van der Waals surface area contributed by atoms with Crippen molar-refractivity contribution in [3.63, 3.8) is 0 Å². The lowest BCUT2D eigenvalue weighted by Gasteiger charge is -2.25. The highest BCUT2D eigenvalue weighted by atomic mass is 32.2. The Kier molecular flexibility index (Phi) is 4.33. The average Bonchev–Trinajstić information content (AvgIpc) is 2.57. The van der Waals surface area contributed by atoms with Gasteiger partial charge in [0.05, 0.1) is 12.2 Å². The van der Waals surface area contributed by atoms with Crippen LogP contribution in [0.5, 0.6) is 0 Å². The summed E-state index contributed by atoms with van der Waals surface area (Å²) in [6.07, 6.45) is 1.25. The molecule has 0 aliphatic carbocycles. The van der Waals surface area contributed by atoms with Crippen LogP contribution in [0.25, 0.3) is 0 Å². The molecule has 1 rings (SSSR count). The maximum atomic E-state index is 11.7. The van der Waals surface area contributed by atoms with Gasteiger partial charge >= 0.3 is 0 Å². The van der Waals surface area contributed by atoms with Crippen LogP contribution in [0.2, 0.25) is 0 Å². The fourth-order valence-corrected chi connectivity index (χ4v) is 2.86. The first-order valence-electron chi connectivity index (χ1n) is 5.62. The summed E-state index contributed by atoms with van der Waals surface area (Å²) in [5.41, 5.74) is -0.765. The van der Waals surface area contributed by atoms with Crippen molar-refractivity contribution in [3.05, 3.63) is 0 Å². The zero-order valence-electron chi connectivity index (χ0n) is 10.7. The van der Waals surface area contributed by atoms with Gasteiger partial charge in [-0.25, -0.2) is 13.1 Å². The van der Waals surface area contributed by atoms with Gasteiger partial charge in [0, 0.05) is 25.0 Å². The Hall–Kier alpha value is -1.15. The monoisotopic (exact) mass is 277 g/mol. The molecule has 1 heterocycles. The summed E-state index contributed by atoms with van der Waals surface area (Å²) in [6.45, 7) is 3.85. The smallest absolute Gasteiger partial charge is 0.225 e. The van der Waals surface area contributed by atoms with Gasteiger partial charge in [-0.1, -0.05) is 0 Å². The van der Waals surface area contributed by atoms with Crippen molar-refractivity contribution in [3.8, 4) is 0 Å². The molecule has 2 amide bonds. The number of nitrogens with one attached hydrogen (secondary N) is 3. The van der Waals surface area contributed by atoms with Crippen LogP contribution in [0.15, 0.2) is 0 Å². The van der Waals surface area contributed by atoms with Gasteiger partial charge in [-0.2, -0.15) is 0 Å². The van der Waals surface area contributed by atoms with Gasteiger partial charge in [0.15, 0.2) is 0 Å². The third kappa shape index (κ3) is 5.01. The maximum absolute atomic E-state index is 11.7. The van der Waals surface area contributed by atoms with E-state index in [9.17, 15) is 18.0 Å². The summed E-state index contributed by atoms with van der Waals surface area (Å²) in [7, 11) is -3.33. The van der Waals surface area contributed by atoms with E-state index < -0.39 is 15.6 Å². The first-order chi connectivity index (χ1) is 8.09. The number of carbonyl (C=O) groups is 2. The van der Waals surface area contributed by atoms with E-state index in [1.54, 1.807) is 13.8 Å². The molecule has 1 unspecified atom stereocenters. The molecular formula is C10H19N3O4S. The standard InChI is InChI=1S/C10H19N3O4S/c1-10(2,13-18(3,16)17)6-12-9(15)7-4-8(14)11-5-7/h7,13H,4-6H2,1-3H3,(H,11,14)(H,12,15). The van der Waals surface area contributed by atoms with Crippen LogP contribution in [0, 0.1) is 5.92 Å². The lowest BCUT2D eigenvalue weighted by Crippen LogP contribution is -2.51. The largest absolute Gasteiger partial charge is 0.355 e. The van der Waals surface area contributed by atoms with Crippen LogP contribution in [0.3, 0.4) is 0 Å². The topological polar surface area (TPSA) is 104 Å². The van der Waals surface area contributed by atoms with E-state index in [4.69, 9.17) is 0 Å². The summed E-state index contributed by atoms with van der Waals surface area (Å²) in [4.78, 5) is 22.7. The van der Waals surface area contributed by atoms with Crippen LogP contribution >= 0.6 is 0 Å². The molecule has 0 bridgehead atoms. The minimum Gasteiger partial charge on any atom is -0.355 e. The highest BCUT2D eigenvalue weighted by Gasteiger charge is 2.29. The van der Waals surface area contributed by atoms with Crippen molar-refractivity contribution in [1.82, 2.24) is 15.4 Å². The van der Waals surface area contributed by atoms with Crippen molar-refractivity contribution >= 4 is 21.8 Å². The van der Waals surface area contributed by atoms with Gasteiger partial charge in [0.2, 0.25) is 21.8 Å². The number of hydrogen-bond donors (Lipinski definition) is 3. The van der Waals surface area contributed by atoms with Gasteiger partial charge in [-0.3, -0.25) is 9.59 Å². The van der Waals surface area contributed by atoms with Crippen molar-refractivity contribution < 1.29 is 18.0 Å². The maximum Gasteiger partial charge on any atom is 0.225 e. The van der Waals surface area contributed by atoms with Crippen molar-refractivity contribution in [2.45, 2.75) is 25.8 Å². The molecule has 1 atom stereocenters. The molecule has 1 aliphatic heterocycles. The lowest BCUT2D eigenvalue weighted by atomic mass is 10.1. The number of hydrogen-bond acceptors (Lipinski definition) is 4. The zero-order chi connectivity index (χ0) is 14.0. The minimum absolute atomic E-state index is 0.135. The molecule has 0 aromatic heterocycles. The number of rotatable bonds is 5. The Balaban J connectivity index is 2.44. The zero-order valence-corrected chi connectivity index (χ0v) is 11.6. The quantitative estimate of drug-likeness (QED) is 0.573. The van der Waals surface area contributed by atoms with Crippen LogP contribution in [-0.2, 0) is 19.6 Å². The molecule has 0 aromatic carbocycles. The molecular weight excluding hydrogens is 258 g/mol. The summed E-state index contributed by atoms with van der Waals surface area (Å²) < 4.78 is 24.6. The van der Waals surface area contributed by atoms with Crippen molar-refractivity contribution in [1.29, 1.82) is 0 Å². The molecule has 0 spiro atoms. The second-order valence-corrected chi connectivity index (χ2v) is 6.93. The highest BCUT2D eigenvalue weighted by Crippen LogP contribution is 2.09. The first kappa shape index (κ1) is 14.9. The van der Waals surface area contributed by atoms with Crippen molar-refractivity contribution in [2.24, 2.45) is 5.92 Å². The summed E-state index contributed by atoms with van der Waals surface area (Å²) >= 11 is 0. The Morgan fingerprint density at radius 2 is 2.11 bits per heavy atom. The van der Waals surface area contributed by atoms with Crippen LogP contribution in [0.4, 0.5) is 0 Å². The Morgan fingerprint density at radius 1 is 1.50 bits per heavy atom. The number of carbonyl (C=O) groups excluding carboxylic acids is 2. The predicted octanol–water partition coefficient (Wildman–Crippen LogP) is -1.43. The minimum atomic E-state index is -3.33. The molecule has 1 fully saturated rings. The van der Waals surface area contributed by atoms with Gasteiger partial charge < -0.3 is 10.6 Å². The summed E-state index contributed by atoms with van der Waals surface area (Å²) in [5, 5.41) is 5.22. The average molecular weight is 277 g/mol. The molecule has 1 saturated heterocycles. The van der Waals surface area contributed by atoms with E-state index in [1.807, 2.05) is 0 Å². The van der Waals surface area contributed by atoms with E-state index >= 15 is 0 Å². The third-order valence-electron chi connectivity index (χ3n) is 2.51. The van der Waals surface area contributed by atoms with Gasteiger partial charge in [0.25, 0.3) is 0 Å². The summed E-state index contributed by atoms with van der Waals surface area (Å²) in [6, 6.07) is 0. The van der Waals surface area contributed by atoms with E-state index in [-0.39, 0.29) is 30.7 Å². The summed E-state index contributed by atoms with van der Waals surface area (Å²) in [5.74, 6) is -0.744. The van der Waals surface area contributed by atoms with Gasteiger partial charge in [0.1, 0.15) is 0 Å². The Labute approximate surface area is 107 Å². The van der Waals surface area contributed by atoms with E-state index in [2.05, 4.69) is 15.4 Å². The van der Waals surface area contributed by atoms with Gasteiger partial charge in [-0.15, -0.1) is 0 Å². The molecule has 104 valence electrons. The fourth-order valence-electron chi connectivity index (χ4n) is 1.78. The second kappa shape index (κ2) is 5.23. The SMILES string of the molecule is CC(C)(CNC(=O)C1CNC(=O)C1)NS(C)(=O)=O. The molecule has 7 nitrogen and oxygen atoms in total.